The molecule has 0 fully saturated rings. The topological polar surface area (TPSA) is 62.2 Å². The molecule has 4 nitrogen and oxygen atoms in total. The molecule has 0 spiro atoms. The Morgan fingerprint density at radius 1 is 1.08 bits per heavy atom. The van der Waals surface area contributed by atoms with Crippen molar-refractivity contribution in [3.63, 3.8) is 0 Å². The zero-order chi connectivity index (χ0) is 18.0. The first-order chi connectivity index (χ1) is 11.1. The van der Waals surface area contributed by atoms with Crippen molar-refractivity contribution >= 4 is 11.7 Å². The maximum Gasteiger partial charge on any atom is 0.313 e. The summed E-state index contributed by atoms with van der Waals surface area (Å²) >= 11 is 0. The van der Waals surface area contributed by atoms with Crippen molar-refractivity contribution in [2.45, 2.75) is 52.0 Å². The van der Waals surface area contributed by atoms with Gasteiger partial charge in [-0.25, -0.2) is 0 Å². The summed E-state index contributed by atoms with van der Waals surface area (Å²) in [6.07, 6.45) is 3.76. The van der Waals surface area contributed by atoms with Gasteiger partial charge in [-0.2, -0.15) is 0 Å². The van der Waals surface area contributed by atoms with Gasteiger partial charge in [0.15, 0.2) is 0 Å². The number of aliphatic carboxylic acids is 1. The average molecular weight is 326 g/mol. The van der Waals surface area contributed by atoms with E-state index in [9.17, 15) is 9.90 Å². The number of carboxylic acids is 1. The minimum atomic E-state index is -0.911. The smallest absolute Gasteiger partial charge is 0.313 e. The number of nitrogens with zero attached hydrogens (tertiary/aromatic N) is 1. The van der Waals surface area contributed by atoms with Crippen LogP contribution >= 0.6 is 0 Å². The Balaban J connectivity index is 2.15. The lowest BCUT2D eigenvalue weighted by Crippen LogP contribution is -2.28. The van der Waals surface area contributed by atoms with Crippen LogP contribution in [0.4, 0.5) is 5.69 Å². The highest BCUT2D eigenvalue weighted by atomic mass is 16.4. The lowest BCUT2D eigenvalue weighted by atomic mass is 9.84. The Kier molecular flexibility index (Phi) is 4.97. The molecule has 0 aliphatic rings. The van der Waals surface area contributed by atoms with Gasteiger partial charge in [-0.3, -0.25) is 9.78 Å². The molecule has 0 aliphatic carbocycles. The van der Waals surface area contributed by atoms with Gasteiger partial charge in [-0.15, -0.1) is 0 Å². The maximum absolute atomic E-state index is 11.4. The number of carboxylic acid groups (broad SMARTS) is 1. The van der Waals surface area contributed by atoms with Crippen molar-refractivity contribution in [2.75, 3.05) is 5.32 Å². The summed E-state index contributed by atoms with van der Waals surface area (Å²) in [6, 6.07) is 9.73. The van der Waals surface area contributed by atoms with E-state index in [-0.39, 0.29) is 5.41 Å². The number of pyridine rings is 1. The van der Waals surface area contributed by atoms with Gasteiger partial charge >= 0.3 is 5.97 Å². The molecule has 1 heterocycles. The Morgan fingerprint density at radius 2 is 1.79 bits per heavy atom. The zero-order valence-electron chi connectivity index (χ0n) is 15.1. The van der Waals surface area contributed by atoms with E-state index in [1.165, 1.54) is 5.56 Å². The summed E-state index contributed by atoms with van der Waals surface area (Å²) in [6.45, 7) is 10.6. The van der Waals surface area contributed by atoms with Gasteiger partial charge < -0.3 is 10.4 Å². The molecule has 0 radical (unpaired) electrons. The monoisotopic (exact) mass is 326 g/mol. The summed E-state index contributed by atoms with van der Waals surface area (Å²) in [5.74, 6) is -0.832. The molecule has 0 saturated carbocycles. The Bertz CT molecular complexity index is 730. The molecular weight excluding hydrogens is 300 g/mol. The molecule has 2 N–H and O–H groups in total. The highest BCUT2D eigenvalue weighted by Crippen LogP contribution is 2.26. The number of hydrogen-bond donors (Lipinski definition) is 2. The SMILES string of the molecule is CC(C)(C)c1cncc(CNc2cccc(C(C)(C)C(=O)O)c2)c1. The second kappa shape index (κ2) is 6.63. The normalized spacial score (nSPS) is 12.0. The van der Waals surface area contributed by atoms with Crippen molar-refractivity contribution in [1.82, 2.24) is 4.98 Å². The third kappa shape index (κ3) is 4.13. The molecular formula is C20H26N2O2. The Hall–Kier alpha value is -2.36. The summed E-state index contributed by atoms with van der Waals surface area (Å²) in [5, 5.41) is 12.7. The molecule has 24 heavy (non-hydrogen) atoms. The van der Waals surface area contributed by atoms with Crippen LogP contribution in [0.3, 0.4) is 0 Å². The quantitative estimate of drug-likeness (QED) is 0.857. The predicted octanol–water partition coefficient (Wildman–Crippen LogP) is 4.35. The molecule has 0 amide bonds. The van der Waals surface area contributed by atoms with Crippen LogP contribution in [-0.4, -0.2) is 16.1 Å². The van der Waals surface area contributed by atoms with Crippen LogP contribution < -0.4 is 5.32 Å². The minimum Gasteiger partial charge on any atom is -0.481 e. The van der Waals surface area contributed by atoms with E-state index in [0.717, 1.165) is 16.8 Å². The van der Waals surface area contributed by atoms with E-state index in [2.05, 4.69) is 37.1 Å². The van der Waals surface area contributed by atoms with Gasteiger partial charge in [0.25, 0.3) is 0 Å². The summed E-state index contributed by atoms with van der Waals surface area (Å²) in [4.78, 5) is 15.7. The van der Waals surface area contributed by atoms with Gasteiger partial charge in [0, 0.05) is 24.6 Å². The second-order valence-corrected chi connectivity index (χ2v) is 7.70. The van der Waals surface area contributed by atoms with Crippen molar-refractivity contribution in [3.05, 3.63) is 59.4 Å². The number of benzene rings is 1. The fraction of sp³-hybridized carbons (Fsp3) is 0.400. The molecule has 0 saturated heterocycles. The van der Waals surface area contributed by atoms with Crippen molar-refractivity contribution in [2.24, 2.45) is 0 Å². The third-order valence-electron chi connectivity index (χ3n) is 4.28. The van der Waals surface area contributed by atoms with Crippen molar-refractivity contribution < 1.29 is 9.90 Å². The van der Waals surface area contributed by atoms with Gasteiger partial charge in [-0.05, 0) is 48.1 Å². The Morgan fingerprint density at radius 3 is 2.42 bits per heavy atom. The fourth-order valence-corrected chi connectivity index (χ4v) is 2.34. The fourth-order valence-electron chi connectivity index (χ4n) is 2.34. The molecule has 1 aromatic heterocycles. The van der Waals surface area contributed by atoms with E-state index in [1.54, 1.807) is 13.8 Å². The van der Waals surface area contributed by atoms with E-state index in [1.807, 2.05) is 36.7 Å². The molecule has 128 valence electrons. The Labute approximate surface area is 143 Å². The van der Waals surface area contributed by atoms with Crippen LogP contribution in [-0.2, 0) is 22.2 Å². The van der Waals surface area contributed by atoms with Crippen LogP contribution in [0.1, 0.15) is 51.3 Å². The zero-order valence-corrected chi connectivity index (χ0v) is 15.1. The van der Waals surface area contributed by atoms with E-state index >= 15 is 0 Å². The number of hydrogen-bond acceptors (Lipinski definition) is 3. The summed E-state index contributed by atoms with van der Waals surface area (Å²) < 4.78 is 0. The number of rotatable bonds is 5. The molecule has 0 bridgehead atoms. The minimum absolute atomic E-state index is 0.0639. The largest absolute Gasteiger partial charge is 0.481 e. The maximum atomic E-state index is 11.4. The first-order valence-corrected chi connectivity index (χ1v) is 8.13. The lowest BCUT2D eigenvalue weighted by Gasteiger charge is -2.21. The average Bonchev–Trinajstić information content (AvgIpc) is 2.52. The van der Waals surface area contributed by atoms with Crippen LogP contribution in [0.2, 0.25) is 0 Å². The number of carbonyl (C=O) groups is 1. The van der Waals surface area contributed by atoms with Gasteiger partial charge in [0.05, 0.1) is 5.41 Å². The first kappa shape index (κ1) is 18.0. The van der Waals surface area contributed by atoms with E-state index in [4.69, 9.17) is 0 Å². The molecule has 4 heteroatoms. The number of anilines is 1. The predicted molar refractivity (Wildman–Crippen MR) is 97.4 cm³/mol. The lowest BCUT2D eigenvalue weighted by molar-refractivity contribution is -0.142. The molecule has 1 aromatic carbocycles. The highest BCUT2D eigenvalue weighted by Gasteiger charge is 2.29. The summed E-state index contributed by atoms with van der Waals surface area (Å²) in [5.41, 5.74) is 3.14. The van der Waals surface area contributed by atoms with Gasteiger partial charge in [-0.1, -0.05) is 39.0 Å². The van der Waals surface area contributed by atoms with Crippen LogP contribution in [0, 0.1) is 0 Å². The second-order valence-electron chi connectivity index (χ2n) is 7.70. The first-order valence-electron chi connectivity index (χ1n) is 8.13. The number of nitrogens with one attached hydrogen (secondary N) is 1. The molecule has 2 rings (SSSR count). The van der Waals surface area contributed by atoms with Crippen molar-refractivity contribution in [1.29, 1.82) is 0 Å². The highest BCUT2D eigenvalue weighted by molar-refractivity contribution is 5.80. The molecule has 0 aliphatic heterocycles. The standard InChI is InChI=1S/C20H26N2O2/c1-19(2,3)16-9-14(11-21-13-16)12-22-17-8-6-7-15(10-17)20(4,5)18(23)24/h6-11,13,22H,12H2,1-5H3,(H,23,24). The van der Waals surface area contributed by atoms with E-state index < -0.39 is 11.4 Å². The van der Waals surface area contributed by atoms with Crippen LogP contribution in [0.15, 0.2) is 42.7 Å². The number of aromatic nitrogens is 1. The van der Waals surface area contributed by atoms with E-state index in [0.29, 0.717) is 6.54 Å². The molecule has 2 aromatic rings. The third-order valence-corrected chi connectivity index (χ3v) is 4.28. The van der Waals surface area contributed by atoms with Crippen molar-refractivity contribution in [3.8, 4) is 0 Å². The summed E-state index contributed by atoms with van der Waals surface area (Å²) in [7, 11) is 0. The van der Waals surface area contributed by atoms with Gasteiger partial charge in [0.2, 0.25) is 0 Å². The van der Waals surface area contributed by atoms with Gasteiger partial charge in [0.1, 0.15) is 0 Å². The van der Waals surface area contributed by atoms with Crippen LogP contribution in [0.5, 0.6) is 0 Å². The molecule has 0 unspecified atom stereocenters. The molecule has 0 atom stereocenters. The van der Waals surface area contributed by atoms with Crippen LogP contribution in [0.25, 0.3) is 0 Å².